The van der Waals surface area contributed by atoms with Crippen LogP contribution in [0.15, 0.2) is 42.1 Å². The van der Waals surface area contributed by atoms with Crippen molar-refractivity contribution in [1.82, 2.24) is 4.90 Å². The number of benzene rings is 2. The minimum atomic E-state index is -1.03. The molecule has 0 aromatic heterocycles. The Balaban J connectivity index is 2.12. The van der Waals surface area contributed by atoms with E-state index in [-0.39, 0.29) is 29.4 Å². The van der Waals surface area contributed by atoms with Crippen molar-refractivity contribution in [1.29, 1.82) is 0 Å². The molecule has 0 unspecified atom stereocenters. The second-order valence-electron chi connectivity index (χ2n) is 6.58. The molecular weight excluding hydrogens is 350 g/mol. The number of imide groups is 1. The van der Waals surface area contributed by atoms with Crippen LogP contribution in [0.25, 0.3) is 5.57 Å². The summed E-state index contributed by atoms with van der Waals surface area (Å²) in [6.45, 7) is 5.97. The second kappa shape index (κ2) is 7.31. The highest BCUT2D eigenvalue weighted by atomic mass is 19.2. The molecule has 0 aliphatic carbocycles. The van der Waals surface area contributed by atoms with Crippen molar-refractivity contribution in [3.63, 3.8) is 0 Å². The number of halogens is 2. The largest absolute Gasteiger partial charge is 0.350 e. The zero-order valence-electron chi connectivity index (χ0n) is 15.4. The molecule has 0 saturated heterocycles. The third-order valence-electron chi connectivity index (χ3n) is 4.46. The Labute approximate surface area is 156 Å². The van der Waals surface area contributed by atoms with Gasteiger partial charge in [-0.15, -0.1) is 0 Å². The smallest absolute Gasteiger partial charge is 0.278 e. The van der Waals surface area contributed by atoms with E-state index in [9.17, 15) is 18.4 Å². The van der Waals surface area contributed by atoms with Gasteiger partial charge in [0.05, 0.1) is 5.57 Å². The molecule has 140 valence electrons. The van der Waals surface area contributed by atoms with E-state index < -0.39 is 17.5 Å². The lowest BCUT2D eigenvalue weighted by atomic mass is 9.97. The molecule has 6 heteroatoms. The molecule has 2 amide bonds. The molecule has 1 N–H and O–H groups in total. The number of carbonyl (C=O) groups is 2. The quantitative estimate of drug-likeness (QED) is 0.803. The Kier molecular flexibility index (Phi) is 5.08. The molecule has 1 aliphatic rings. The molecule has 0 bridgehead atoms. The van der Waals surface area contributed by atoms with E-state index in [0.29, 0.717) is 12.0 Å². The molecular formula is C21H20F2N2O2. The topological polar surface area (TPSA) is 49.4 Å². The lowest BCUT2D eigenvalue weighted by Crippen LogP contribution is -2.33. The van der Waals surface area contributed by atoms with Crippen LogP contribution in [0.3, 0.4) is 0 Å². The summed E-state index contributed by atoms with van der Waals surface area (Å²) in [4.78, 5) is 27.0. The van der Waals surface area contributed by atoms with Gasteiger partial charge in [0.15, 0.2) is 11.6 Å². The first kappa shape index (κ1) is 18.8. The maximum atomic E-state index is 13.6. The van der Waals surface area contributed by atoms with Gasteiger partial charge in [0.25, 0.3) is 11.8 Å². The fourth-order valence-electron chi connectivity index (χ4n) is 3.18. The van der Waals surface area contributed by atoms with Crippen molar-refractivity contribution in [3.8, 4) is 0 Å². The van der Waals surface area contributed by atoms with E-state index in [0.717, 1.165) is 23.3 Å². The van der Waals surface area contributed by atoms with Gasteiger partial charge >= 0.3 is 0 Å². The molecule has 0 spiro atoms. The Morgan fingerprint density at radius 2 is 1.70 bits per heavy atom. The van der Waals surface area contributed by atoms with E-state index in [1.54, 1.807) is 6.07 Å². The van der Waals surface area contributed by atoms with E-state index in [1.807, 2.05) is 32.9 Å². The molecule has 3 rings (SSSR count). The van der Waals surface area contributed by atoms with E-state index in [1.165, 1.54) is 11.0 Å². The predicted octanol–water partition coefficient (Wildman–Crippen LogP) is 4.18. The third kappa shape index (κ3) is 3.47. The van der Waals surface area contributed by atoms with E-state index in [4.69, 9.17) is 0 Å². The van der Waals surface area contributed by atoms with Crippen LogP contribution in [-0.4, -0.2) is 23.3 Å². The number of nitrogens with one attached hydrogen (secondary N) is 1. The number of hydrogen-bond acceptors (Lipinski definition) is 3. The first-order chi connectivity index (χ1) is 12.8. The Hall–Kier alpha value is -3.02. The van der Waals surface area contributed by atoms with Crippen LogP contribution < -0.4 is 5.32 Å². The van der Waals surface area contributed by atoms with Crippen molar-refractivity contribution in [2.75, 3.05) is 11.9 Å². The number of hydrogen-bond donors (Lipinski definition) is 1. The number of anilines is 1. The summed E-state index contributed by atoms with van der Waals surface area (Å²) in [6.07, 6.45) is 0.621. The van der Waals surface area contributed by atoms with Crippen molar-refractivity contribution in [2.45, 2.75) is 27.2 Å². The molecule has 4 nitrogen and oxygen atoms in total. The second-order valence-corrected chi connectivity index (χ2v) is 6.58. The average molecular weight is 370 g/mol. The summed E-state index contributed by atoms with van der Waals surface area (Å²) in [6, 6.07) is 8.85. The maximum Gasteiger partial charge on any atom is 0.278 e. The van der Waals surface area contributed by atoms with Crippen LogP contribution >= 0.6 is 0 Å². The first-order valence-corrected chi connectivity index (χ1v) is 8.73. The van der Waals surface area contributed by atoms with Crippen molar-refractivity contribution < 1.29 is 18.4 Å². The van der Waals surface area contributed by atoms with E-state index >= 15 is 0 Å². The van der Waals surface area contributed by atoms with Gasteiger partial charge in [-0.25, -0.2) is 8.78 Å². The summed E-state index contributed by atoms with van der Waals surface area (Å²) in [5, 5.41) is 2.83. The summed E-state index contributed by atoms with van der Waals surface area (Å²) >= 11 is 0. The van der Waals surface area contributed by atoms with Crippen LogP contribution in [0.4, 0.5) is 14.5 Å². The van der Waals surface area contributed by atoms with Crippen molar-refractivity contribution in [3.05, 3.63) is 70.4 Å². The van der Waals surface area contributed by atoms with Gasteiger partial charge in [-0.05, 0) is 43.5 Å². The minimum Gasteiger partial charge on any atom is -0.350 e. The summed E-state index contributed by atoms with van der Waals surface area (Å²) < 4.78 is 26.8. The zero-order valence-corrected chi connectivity index (χ0v) is 15.4. The molecule has 2 aromatic carbocycles. The van der Waals surface area contributed by atoms with Crippen molar-refractivity contribution >= 4 is 23.1 Å². The Morgan fingerprint density at radius 3 is 2.33 bits per heavy atom. The van der Waals surface area contributed by atoms with Crippen molar-refractivity contribution in [2.24, 2.45) is 0 Å². The fourth-order valence-corrected chi connectivity index (χ4v) is 3.18. The summed E-state index contributed by atoms with van der Waals surface area (Å²) in [5.41, 5.74) is 3.05. The zero-order chi connectivity index (χ0) is 19.7. The normalized spacial score (nSPS) is 14.3. The van der Waals surface area contributed by atoms with Gasteiger partial charge < -0.3 is 5.32 Å². The number of aryl methyl sites for hydroxylation is 2. The number of carbonyl (C=O) groups excluding carboxylic acids is 2. The van der Waals surface area contributed by atoms with Gasteiger partial charge in [0.1, 0.15) is 5.70 Å². The highest BCUT2D eigenvalue weighted by Gasteiger charge is 2.39. The number of amides is 2. The fraction of sp³-hybridized carbons (Fsp3) is 0.238. The first-order valence-electron chi connectivity index (χ1n) is 8.73. The molecule has 0 saturated carbocycles. The predicted molar refractivity (Wildman–Crippen MR) is 99.8 cm³/mol. The Bertz CT molecular complexity index is 967. The van der Waals surface area contributed by atoms with Crippen LogP contribution in [0, 0.1) is 25.5 Å². The summed E-state index contributed by atoms with van der Waals surface area (Å²) in [7, 11) is 0. The maximum absolute atomic E-state index is 13.6. The van der Waals surface area contributed by atoms with Gasteiger partial charge in [0.2, 0.25) is 0 Å². The standard InChI is InChI=1S/C21H20F2N2O2/c1-4-9-25-20(26)18(15-7-5-12(2)10-13(15)3)19(21(25)27)24-14-6-8-16(22)17(23)11-14/h5-8,10-11,24H,4,9H2,1-3H3. The van der Waals surface area contributed by atoms with Gasteiger partial charge in [-0.1, -0.05) is 30.7 Å². The molecule has 1 aliphatic heterocycles. The molecule has 27 heavy (non-hydrogen) atoms. The van der Waals surface area contributed by atoms with Gasteiger partial charge in [-0.3, -0.25) is 14.5 Å². The molecule has 0 fully saturated rings. The summed E-state index contributed by atoms with van der Waals surface area (Å²) in [5.74, 6) is -2.87. The van der Waals surface area contributed by atoms with E-state index in [2.05, 4.69) is 5.32 Å². The third-order valence-corrected chi connectivity index (χ3v) is 4.46. The molecule has 0 atom stereocenters. The molecule has 2 aromatic rings. The number of nitrogens with zero attached hydrogens (tertiary/aromatic N) is 1. The van der Waals surface area contributed by atoms with Crippen LogP contribution in [0.1, 0.15) is 30.0 Å². The number of rotatable bonds is 5. The molecule has 0 radical (unpaired) electrons. The Morgan fingerprint density at radius 1 is 0.963 bits per heavy atom. The molecule has 1 heterocycles. The highest BCUT2D eigenvalue weighted by molar-refractivity contribution is 6.36. The van der Waals surface area contributed by atoms with Gasteiger partial charge in [0, 0.05) is 18.3 Å². The van der Waals surface area contributed by atoms with Crippen LogP contribution in [-0.2, 0) is 9.59 Å². The SMILES string of the molecule is CCCN1C(=O)C(Nc2ccc(F)c(F)c2)=C(c2ccc(C)cc2C)C1=O. The van der Waals surface area contributed by atoms with Gasteiger partial charge in [-0.2, -0.15) is 0 Å². The monoisotopic (exact) mass is 370 g/mol. The minimum absolute atomic E-state index is 0.0754. The van der Waals surface area contributed by atoms with Crippen LogP contribution in [0.2, 0.25) is 0 Å². The lowest BCUT2D eigenvalue weighted by Gasteiger charge is -2.14. The van der Waals surface area contributed by atoms with Crippen LogP contribution in [0.5, 0.6) is 0 Å². The highest BCUT2D eigenvalue weighted by Crippen LogP contribution is 2.32. The average Bonchev–Trinajstić information content (AvgIpc) is 2.83. The lowest BCUT2D eigenvalue weighted by molar-refractivity contribution is -0.136.